The highest BCUT2D eigenvalue weighted by Gasteiger charge is 2.38. The Bertz CT molecular complexity index is 1290. The second-order valence-electron chi connectivity index (χ2n) is 9.65. The van der Waals surface area contributed by atoms with Gasteiger partial charge in [0, 0.05) is 31.1 Å². The maximum absolute atomic E-state index is 14.6. The molecule has 0 unspecified atom stereocenters. The predicted molar refractivity (Wildman–Crippen MR) is 132 cm³/mol. The third kappa shape index (κ3) is 7.42. The van der Waals surface area contributed by atoms with E-state index >= 15 is 0 Å². The van der Waals surface area contributed by atoms with Crippen molar-refractivity contribution in [1.29, 1.82) is 0 Å². The number of hydrogen-bond acceptors (Lipinski definition) is 5. The Morgan fingerprint density at radius 1 is 1.08 bits per heavy atom. The van der Waals surface area contributed by atoms with Crippen molar-refractivity contribution < 1.29 is 37.1 Å². The van der Waals surface area contributed by atoms with Gasteiger partial charge in [-0.2, -0.15) is 18.3 Å². The van der Waals surface area contributed by atoms with E-state index in [9.17, 15) is 31.9 Å². The van der Waals surface area contributed by atoms with Gasteiger partial charge in [-0.15, -0.1) is 0 Å². The van der Waals surface area contributed by atoms with Gasteiger partial charge in [-0.25, -0.2) is 14.3 Å². The van der Waals surface area contributed by atoms with E-state index in [1.54, 1.807) is 13.0 Å². The number of rotatable bonds is 4. The maximum Gasteiger partial charge on any atom is 0.490 e. The van der Waals surface area contributed by atoms with E-state index in [0.29, 0.717) is 36.3 Å². The van der Waals surface area contributed by atoms with Crippen molar-refractivity contribution in [2.75, 3.05) is 19.6 Å². The molecule has 1 aromatic heterocycles. The monoisotopic (exact) mass is 554 g/mol. The summed E-state index contributed by atoms with van der Waals surface area (Å²) in [4.78, 5) is 49.8. The first-order chi connectivity index (χ1) is 18.3. The minimum atomic E-state index is -5.08. The summed E-state index contributed by atoms with van der Waals surface area (Å²) in [6.07, 6.45) is 0.809. The summed E-state index contributed by atoms with van der Waals surface area (Å²) in [6, 6.07) is 4.68. The number of nitrogens with zero attached hydrogens (tertiary/aromatic N) is 3. The number of halogens is 4. The van der Waals surface area contributed by atoms with Gasteiger partial charge in [0.1, 0.15) is 12.4 Å². The van der Waals surface area contributed by atoms with Crippen LogP contribution in [0.1, 0.15) is 64.8 Å². The standard InChI is InChI=1S/C24H29FN4O3.C2HF3O2/c1-15-16(2)23(31)27-26-21(15)13-17-8-9-20(25)19(12-17)24(32)28-10-11-29(22(30)14-28)18-6-4-3-5-7-18;3-2(4,5)1(6)7/h8-9,12,18H,3-7,10-11,13-14H2,1-2H3,(H,27,31);(H,6,7). The van der Waals surface area contributed by atoms with Crippen LogP contribution in [-0.4, -0.2) is 74.7 Å². The lowest BCUT2D eigenvalue weighted by Crippen LogP contribution is -2.55. The number of carbonyl (C=O) groups is 3. The largest absolute Gasteiger partial charge is 0.490 e. The van der Waals surface area contributed by atoms with Gasteiger partial charge in [-0.1, -0.05) is 25.3 Å². The molecule has 0 radical (unpaired) electrons. The Balaban J connectivity index is 0.000000532. The summed E-state index contributed by atoms with van der Waals surface area (Å²) >= 11 is 0. The molecule has 1 aliphatic carbocycles. The van der Waals surface area contributed by atoms with E-state index in [4.69, 9.17) is 9.90 Å². The van der Waals surface area contributed by atoms with Crippen molar-refractivity contribution >= 4 is 17.8 Å². The zero-order valence-electron chi connectivity index (χ0n) is 21.6. The fraction of sp³-hybridized carbons (Fsp3) is 0.500. The van der Waals surface area contributed by atoms with Crippen LogP contribution in [0, 0.1) is 19.7 Å². The fourth-order valence-electron chi connectivity index (χ4n) is 4.69. The van der Waals surface area contributed by atoms with Crippen molar-refractivity contribution in [3.63, 3.8) is 0 Å². The average molecular weight is 555 g/mol. The SMILES string of the molecule is Cc1c(Cc2ccc(F)c(C(=O)N3CCN(C4CCCCC4)C(=O)C3)c2)n[nH]c(=O)c1C.O=C(O)C(F)(F)F. The Morgan fingerprint density at radius 3 is 2.31 bits per heavy atom. The van der Waals surface area contributed by atoms with Crippen LogP contribution >= 0.6 is 0 Å². The second kappa shape index (κ2) is 12.4. The first kappa shape index (κ1) is 29.8. The van der Waals surface area contributed by atoms with Crippen LogP contribution in [0.25, 0.3) is 0 Å². The van der Waals surface area contributed by atoms with Crippen LogP contribution in [0.5, 0.6) is 0 Å². The number of aliphatic carboxylic acids is 1. The molecule has 0 bridgehead atoms. The van der Waals surface area contributed by atoms with Gasteiger partial charge in [-0.3, -0.25) is 14.4 Å². The highest BCUT2D eigenvalue weighted by molar-refractivity contribution is 5.97. The number of H-pyrrole nitrogens is 1. The molecule has 1 aromatic carbocycles. The Labute approximate surface area is 221 Å². The van der Waals surface area contributed by atoms with Crippen molar-refractivity contribution in [2.24, 2.45) is 0 Å². The highest BCUT2D eigenvalue weighted by atomic mass is 19.4. The van der Waals surface area contributed by atoms with Gasteiger partial charge in [0.2, 0.25) is 5.91 Å². The molecule has 212 valence electrons. The van der Waals surface area contributed by atoms with Crippen LogP contribution in [0.2, 0.25) is 0 Å². The summed E-state index contributed by atoms with van der Waals surface area (Å²) in [5.74, 6) is -3.89. The molecule has 0 spiro atoms. The lowest BCUT2D eigenvalue weighted by atomic mass is 9.93. The number of carboxylic acids is 1. The molecule has 4 rings (SSSR count). The van der Waals surface area contributed by atoms with Gasteiger partial charge >= 0.3 is 12.1 Å². The van der Waals surface area contributed by atoms with Crippen molar-refractivity contribution in [3.8, 4) is 0 Å². The van der Waals surface area contributed by atoms with Crippen LogP contribution in [-0.2, 0) is 16.0 Å². The molecule has 2 aliphatic rings. The number of hydrogen-bond donors (Lipinski definition) is 2. The van der Waals surface area contributed by atoms with Crippen molar-refractivity contribution in [3.05, 3.63) is 62.3 Å². The molecule has 2 heterocycles. The van der Waals surface area contributed by atoms with E-state index in [-0.39, 0.29) is 29.6 Å². The van der Waals surface area contributed by atoms with E-state index in [0.717, 1.165) is 31.2 Å². The second-order valence-corrected chi connectivity index (χ2v) is 9.65. The van der Waals surface area contributed by atoms with Crippen LogP contribution in [0.15, 0.2) is 23.0 Å². The van der Waals surface area contributed by atoms with Gasteiger partial charge in [0.15, 0.2) is 0 Å². The Morgan fingerprint density at radius 2 is 1.72 bits per heavy atom. The molecule has 9 nitrogen and oxygen atoms in total. The summed E-state index contributed by atoms with van der Waals surface area (Å²) in [6.45, 7) is 4.43. The van der Waals surface area contributed by atoms with Crippen LogP contribution in [0.4, 0.5) is 17.6 Å². The number of aromatic nitrogens is 2. The van der Waals surface area contributed by atoms with E-state index in [1.165, 1.54) is 23.5 Å². The van der Waals surface area contributed by atoms with Crippen LogP contribution < -0.4 is 5.56 Å². The average Bonchev–Trinajstić information content (AvgIpc) is 2.90. The highest BCUT2D eigenvalue weighted by Crippen LogP contribution is 2.25. The smallest absolute Gasteiger partial charge is 0.475 e. The summed E-state index contributed by atoms with van der Waals surface area (Å²) < 4.78 is 46.3. The minimum absolute atomic E-state index is 0.0151. The molecule has 2 N–H and O–H groups in total. The molecule has 2 fully saturated rings. The first-order valence-corrected chi connectivity index (χ1v) is 12.5. The van der Waals surface area contributed by atoms with Crippen molar-refractivity contribution in [1.82, 2.24) is 20.0 Å². The van der Waals surface area contributed by atoms with Gasteiger partial charge in [0.05, 0.1) is 11.3 Å². The maximum atomic E-state index is 14.6. The van der Waals surface area contributed by atoms with E-state index in [2.05, 4.69) is 10.2 Å². The lowest BCUT2D eigenvalue weighted by Gasteiger charge is -2.40. The molecule has 39 heavy (non-hydrogen) atoms. The number of aromatic amines is 1. The third-order valence-electron chi connectivity index (χ3n) is 7.06. The van der Waals surface area contributed by atoms with Crippen molar-refractivity contribution in [2.45, 2.75) is 64.6 Å². The number of piperazine rings is 1. The number of carboxylic acid groups (broad SMARTS) is 1. The lowest BCUT2D eigenvalue weighted by molar-refractivity contribution is -0.192. The number of nitrogens with one attached hydrogen (secondary N) is 1. The third-order valence-corrected chi connectivity index (χ3v) is 7.06. The quantitative estimate of drug-likeness (QED) is 0.559. The molecule has 1 saturated heterocycles. The Hall–Kier alpha value is -3.77. The topological polar surface area (TPSA) is 124 Å². The molecular formula is C26H30F4N4O5. The van der Waals surface area contributed by atoms with Gasteiger partial charge < -0.3 is 14.9 Å². The summed E-state index contributed by atoms with van der Waals surface area (Å²) in [5, 5.41) is 13.7. The number of benzene rings is 1. The summed E-state index contributed by atoms with van der Waals surface area (Å²) in [5.41, 5.74) is 2.46. The number of amides is 2. The number of carbonyl (C=O) groups excluding carboxylic acids is 2. The molecule has 1 saturated carbocycles. The van der Waals surface area contributed by atoms with Crippen LogP contribution in [0.3, 0.4) is 0 Å². The minimum Gasteiger partial charge on any atom is -0.475 e. The number of alkyl halides is 3. The molecule has 1 aliphatic heterocycles. The zero-order valence-corrected chi connectivity index (χ0v) is 21.6. The predicted octanol–water partition coefficient (Wildman–Crippen LogP) is 3.37. The first-order valence-electron chi connectivity index (χ1n) is 12.5. The van der Waals surface area contributed by atoms with Gasteiger partial charge in [-0.05, 0) is 49.9 Å². The molecule has 0 atom stereocenters. The Kier molecular flexibility index (Phi) is 9.46. The molecule has 2 aromatic rings. The molecular weight excluding hydrogens is 524 g/mol. The molecule has 2 amide bonds. The zero-order chi connectivity index (χ0) is 28.9. The van der Waals surface area contributed by atoms with E-state index in [1.807, 2.05) is 11.8 Å². The van der Waals surface area contributed by atoms with E-state index < -0.39 is 23.9 Å². The fourth-order valence-corrected chi connectivity index (χ4v) is 4.69. The van der Waals surface area contributed by atoms with Gasteiger partial charge in [0.25, 0.3) is 11.5 Å². The molecule has 13 heteroatoms. The normalized spacial score (nSPS) is 16.5. The summed E-state index contributed by atoms with van der Waals surface area (Å²) in [7, 11) is 0.